The van der Waals surface area contributed by atoms with Crippen molar-refractivity contribution in [3.63, 3.8) is 0 Å². The molecule has 0 aliphatic carbocycles. The van der Waals surface area contributed by atoms with Crippen LogP contribution in [0.4, 0.5) is 0 Å². The van der Waals surface area contributed by atoms with Crippen LogP contribution in [0.25, 0.3) is 0 Å². The fourth-order valence-corrected chi connectivity index (χ4v) is 2.80. The first-order valence-corrected chi connectivity index (χ1v) is 8.83. The summed E-state index contributed by atoms with van der Waals surface area (Å²) in [5.74, 6) is 3.22. The van der Waals surface area contributed by atoms with Crippen LogP contribution in [-0.4, -0.2) is 29.3 Å². The lowest BCUT2D eigenvalue weighted by atomic mass is 10.3. The van der Waals surface area contributed by atoms with Crippen molar-refractivity contribution in [2.75, 3.05) is 13.2 Å². The van der Waals surface area contributed by atoms with Crippen molar-refractivity contribution in [3.05, 3.63) is 77.1 Å². The molecule has 1 unspecified atom stereocenters. The van der Waals surface area contributed by atoms with Crippen LogP contribution in [0.2, 0.25) is 5.02 Å². The second-order valence-corrected chi connectivity index (χ2v) is 6.62. The first-order valence-electron chi connectivity index (χ1n) is 8.45. The Hall–Kier alpha value is -2.21. The first-order chi connectivity index (χ1) is 12.6. The van der Waals surface area contributed by atoms with Crippen LogP contribution < -0.4 is 4.74 Å². The Morgan fingerprint density at radius 2 is 1.85 bits per heavy atom. The number of furan rings is 2. The molecule has 0 bridgehead atoms. The zero-order chi connectivity index (χ0) is 18.4. The zero-order valence-corrected chi connectivity index (χ0v) is 15.4. The van der Waals surface area contributed by atoms with Gasteiger partial charge in [-0.05, 0) is 55.5 Å². The number of aliphatic hydroxyl groups excluding tert-OH is 1. The molecule has 0 spiro atoms. The summed E-state index contributed by atoms with van der Waals surface area (Å²) in [5, 5.41) is 11.0. The van der Waals surface area contributed by atoms with Gasteiger partial charge < -0.3 is 18.7 Å². The van der Waals surface area contributed by atoms with E-state index in [1.54, 1.807) is 30.5 Å². The molecule has 3 rings (SSSR count). The quantitative estimate of drug-likeness (QED) is 0.605. The minimum atomic E-state index is -0.656. The molecule has 0 radical (unpaired) electrons. The zero-order valence-electron chi connectivity index (χ0n) is 14.6. The molecule has 2 heterocycles. The molecule has 0 fully saturated rings. The third-order valence-electron chi connectivity index (χ3n) is 3.86. The lowest BCUT2D eigenvalue weighted by Crippen LogP contribution is -2.34. The van der Waals surface area contributed by atoms with Gasteiger partial charge in [0.05, 0.1) is 19.4 Å². The predicted octanol–water partition coefficient (Wildman–Crippen LogP) is 4.28. The number of ether oxygens (including phenoxy) is 1. The molecule has 2 aromatic heterocycles. The van der Waals surface area contributed by atoms with Gasteiger partial charge in [0.15, 0.2) is 0 Å². The summed E-state index contributed by atoms with van der Waals surface area (Å²) in [6.07, 6.45) is 0.988. The molecular weight excluding hydrogens is 354 g/mol. The number of benzene rings is 1. The average molecular weight is 376 g/mol. The second kappa shape index (κ2) is 8.94. The molecule has 6 heteroatoms. The number of hydrogen-bond donors (Lipinski definition) is 1. The molecule has 1 N–H and O–H groups in total. The maximum Gasteiger partial charge on any atom is 0.119 e. The normalized spacial score (nSPS) is 12.5. The summed E-state index contributed by atoms with van der Waals surface area (Å²) in [4.78, 5) is 2.06. The van der Waals surface area contributed by atoms with E-state index in [4.69, 9.17) is 25.2 Å². The third kappa shape index (κ3) is 5.66. The van der Waals surface area contributed by atoms with Crippen molar-refractivity contribution >= 4 is 11.6 Å². The highest BCUT2D eigenvalue weighted by Crippen LogP contribution is 2.17. The van der Waals surface area contributed by atoms with Crippen LogP contribution in [0.3, 0.4) is 0 Å². The molecular formula is C20H22ClNO4. The number of hydrogen-bond acceptors (Lipinski definition) is 5. The van der Waals surface area contributed by atoms with E-state index in [1.165, 1.54) is 0 Å². The van der Waals surface area contributed by atoms with E-state index in [0.717, 1.165) is 17.3 Å². The minimum absolute atomic E-state index is 0.188. The monoisotopic (exact) mass is 375 g/mol. The SMILES string of the molecule is Cc1ccc(CN(Cc2ccco2)CC(O)COc2ccc(Cl)cc2)o1. The summed E-state index contributed by atoms with van der Waals surface area (Å²) < 4.78 is 16.7. The van der Waals surface area contributed by atoms with Crippen molar-refractivity contribution in [1.29, 1.82) is 0 Å². The molecule has 0 aliphatic rings. The molecule has 1 aromatic carbocycles. The van der Waals surface area contributed by atoms with Gasteiger partial charge in [-0.2, -0.15) is 0 Å². The molecule has 0 amide bonds. The van der Waals surface area contributed by atoms with E-state index in [-0.39, 0.29) is 6.61 Å². The van der Waals surface area contributed by atoms with Crippen LogP contribution in [0.15, 0.2) is 63.6 Å². The number of halogens is 1. The van der Waals surface area contributed by atoms with Crippen molar-refractivity contribution in [2.45, 2.75) is 26.1 Å². The molecule has 5 nitrogen and oxygen atoms in total. The number of rotatable bonds is 9. The van der Waals surface area contributed by atoms with Gasteiger partial charge in [-0.15, -0.1) is 0 Å². The topological polar surface area (TPSA) is 59.0 Å². The molecule has 0 saturated heterocycles. The van der Waals surface area contributed by atoms with Crippen LogP contribution in [0.1, 0.15) is 17.3 Å². The fraction of sp³-hybridized carbons (Fsp3) is 0.300. The minimum Gasteiger partial charge on any atom is -0.491 e. The highest BCUT2D eigenvalue weighted by molar-refractivity contribution is 6.30. The van der Waals surface area contributed by atoms with Crippen molar-refractivity contribution in [1.82, 2.24) is 4.90 Å². The second-order valence-electron chi connectivity index (χ2n) is 6.18. The summed E-state index contributed by atoms with van der Waals surface area (Å²) in [6, 6.07) is 14.7. The smallest absolute Gasteiger partial charge is 0.119 e. The fourth-order valence-electron chi connectivity index (χ4n) is 2.67. The van der Waals surface area contributed by atoms with Crippen molar-refractivity contribution in [2.24, 2.45) is 0 Å². The van der Waals surface area contributed by atoms with Gasteiger partial charge in [-0.3, -0.25) is 4.90 Å². The summed E-state index contributed by atoms with van der Waals surface area (Å²) in [6.45, 7) is 3.67. The molecule has 138 valence electrons. The van der Waals surface area contributed by atoms with Crippen molar-refractivity contribution < 1.29 is 18.7 Å². The third-order valence-corrected chi connectivity index (χ3v) is 4.11. The van der Waals surface area contributed by atoms with Gasteiger partial charge in [0.25, 0.3) is 0 Å². The number of aliphatic hydroxyl groups is 1. The van der Waals surface area contributed by atoms with Gasteiger partial charge in [-0.1, -0.05) is 11.6 Å². The summed E-state index contributed by atoms with van der Waals surface area (Å²) in [5.41, 5.74) is 0. The van der Waals surface area contributed by atoms with E-state index in [9.17, 15) is 5.11 Å². The Morgan fingerprint density at radius 3 is 2.50 bits per heavy atom. The number of nitrogens with zero attached hydrogens (tertiary/aromatic N) is 1. The average Bonchev–Trinajstić information content (AvgIpc) is 3.26. The van der Waals surface area contributed by atoms with Gasteiger partial charge in [-0.25, -0.2) is 0 Å². The Balaban J connectivity index is 1.57. The highest BCUT2D eigenvalue weighted by atomic mass is 35.5. The van der Waals surface area contributed by atoms with Gasteiger partial charge in [0, 0.05) is 11.6 Å². The Morgan fingerprint density at radius 1 is 1.08 bits per heavy atom. The molecule has 0 aliphatic heterocycles. The Bertz CT molecular complexity index is 783. The van der Waals surface area contributed by atoms with Gasteiger partial charge >= 0.3 is 0 Å². The van der Waals surface area contributed by atoms with Crippen LogP contribution in [0.5, 0.6) is 5.75 Å². The standard InChI is InChI=1S/C20H22ClNO4/c1-15-4-7-20(26-15)13-22(12-19-3-2-10-24-19)11-17(23)14-25-18-8-5-16(21)6-9-18/h2-10,17,23H,11-14H2,1H3. The largest absolute Gasteiger partial charge is 0.491 e. The van der Waals surface area contributed by atoms with E-state index in [2.05, 4.69) is 4.90 Å². The van der Waals surface area contributed by atoms with E-state index in [1.807, 2.05) is 31.2 Å². The van der Waals surface area contributed by atoms with E-state index < -0.39 is 6.10 Å². The predicted molar refractivity (Wildman–Crippen MR) is 99.2 cm³/mol. The summed E-state index contributed by atoms with van der Waals surface area (Å²) in [7, 11) is 0. The molecule has 3 aromatic rings. The molecule has 26 heavy (non-hydrogen) atoms. The lowest BCUT2D eigenvalue weighted by molar-refractivity contribution is 0.0579. The first kappa shape index (κ1) is 18.6. The maximum atomic E-state index is 10.4. The summed E-state index contributed by atoms with van der Waals surface area (Å²) >= 11 is 5.86. The number of aryl methyl sites for hydroxylation is 1. The molecule has 1 atom stereocenters. The molecule has 0 saturated carbocycles. The Labute approximate surface area is 157 Å². The highest BCUT2D eigenvalue weighted by Gasteiger charge is 2.16. The van der Waals surface area contributed by atoms with Crippen molar-refractivity contribution in [3.8, 4) is 5.75 Å². The Kier molecular flexibility index (Phi) is 6.39. The maximum absolute atomic E-state index is 10.4. The van der Waals surface area contributed by atoms with Crippen LogP contribution in [0, 0.1) is 6.92 Å². The van der Waals surface area contributed by atoms with Crippen LogP contribution in [-0.2, 0) is 13.1 Å². The van der Waals surface area contributed by atoms with Crippen LogP contribution >= 0.6 is 11.6 Å². The van der Waals surface area contributed by atoms with Gasteiger partial charge in [0.1, 0.15) is 35.7 Å². The lowest BCUT2D eigenvalue weighted by Gasteiger charge is -2.23. The van der Waals surface area contributed by atoms with Gasteiger partial charge in [0.2, 0.25) is 0 Å². The van der Waals surface area contributed by atoms with E-state index in [0.29, 0.717) is 30.4 Å². The van der Waals surface area contributed by atoms with E-state index >= 15 is 0 Å².